The maximum absolute atomic E-state index is 13.1. The van der Waals surface area contributed by atoms with E-state index in [1.54, 1.807) is 30.3 Å². The zero-order valence-corrected chi connectivity index (χ0v) is 16.3. The van der Waals surface area contributed by atoms with E-state index < -0.39 is 21.7 Å². The van der Waals surface area contributed by atoms with Crippen LogP contribution in [0.3, 0.4) is 0 Å². The maximum Gasteiger partial charge on any atom is 0.261 e. The zero-order valence-electron chi connectivity index (χ0n) is 14.7. The van der Waals surface area contributed by atoms with Crippen LogP contribution in [0.5, 0.6) is 0 Å². The summed E-state index contributed by atoms with van der Waals surface area (Å²) in [6.07, 6.45) is 0. The lowest BCUT2D eigenvalue weighted by molar-refractivity contribution is 0.102. The van der Waals surface area contributed by atoms with Crippen molar-refractivity contribution in [3.63, 3.8) is 0 Å². The summed E-state index contributed by atoms with van der Waals surface area (Å²) < 4.78 is 40.5. The van der Waals surface area contributed by atoms with E-state index >= 15 is 0 Å². The van der Waals surface area contributed by atoms with Crippen LogP contribution in [-0.2, 0) is 10.0 Å². The number of para-hydroxylation sites is 1. The third kappa shape index (κ3) is 4.49. The van der Waals surface area contributed by atoms with Crippen LogP contribution in [0.4, 0.5) is 15.8 Å². The highest BCUT2D eigenvalue weighted by molar-refractivity contribution is 7.92. The minimum atomic E-state index is -3.99. The molecule has 0 spiro atoms. The smallest absolute Gasteiger partial charge is 0.261 e. The van der Waals surface area contributed by atoms with Crippen molar-refractivity contribution < 1.29 is 17.6 Å². The minimum Gasteiger partial charge on any atom is -0.322 e. The first-order chi connectivity index (χ1) is 13.3. The average molecular weight is 419 g/mol. The van der Waals surface area contributed by atoms with Gasteiger partial charge in [-0.15, -0.1) is 0 Å². The molecule has 0 saturated carbocycles. The normalized spacial score (nSPS) is 11.1. The molecule has 0 fully saturated rings. The predicted molar refractivity (Wildman–Crippen MR) is 108 cm³/mol. The topological polar surface area (TPSA) is 75.3 Å². The number of hydrogen-bond acceptors (Lipinski definition) is 3. The average Bonchev–Trinajstić information content (AvgIpc) is 2.65. The van der Waals surface area contributed by atoms with E-state index in [9.17, 15) is 17.6 Å². The molecule has 0 radical (unpaired) electrons. The SMILES string of the molecule is Cc1ccc(NC(=O)c2ccccc2NS(=O)(=O)c2ccc(F)cc2)cc1Cl. The van der Waals surface area contributed by atoms with Gasteiger partial charge in [-0.25, -0.2) is 12.8 Å². The summed E-state index contributed by atoms with van der Waals surface area (Å²) in [6, 6.07) is 15.7. The van der Waals surface area contributed by atoms with Crippen LogP contribution in [0, 0.1) is 12.7 Å². The molecule has 28 heavy (non-hydrogen) atoms. The maximum atomic E-state index is 13.1. The Morgan fingerprint density at radius 1 is 1.00 bits per heavy atom. The van der Waals surface area contributed by atoms with Crippen LogP contribution in [0.2, 0.25) is 5.02 Å². The highest BCUT2D eigenvalue weighted by Gasteiger charge is 2.19. The molecule has 0 unspecified atom stereocenters. The first-order valence-corrected chi connectivity index (χ1v) is 10.1. The fraction of sp³-hybridized carbons (Fsp3) is 0.0500. The third-order valence-corrected chi connectivity index (χ3v) is 5.76. The number of anilines is 2. The number of halogens is 2. The third-order valence-electron chi connectivity index (χ3n) is 3.97. The van der Waals surface area contributed by atoms with Crippen LogP contribution in [0.1, 0.15) is 15.9 Å². The van der Waals surface area contributed by atoms with Crippen LogP contribution in [-0.4, -0.2) is 14.3 Å². The second kappa shape index (κ2) is 8.00. The van der Waals surface area contributed by atoms with Gasteiger partial charge in [0.05, 0.1) is 16.1 Å². The van der Waals surface area contributed by atoms with Gasteiger partial charge in [0, 0.05) is 10.7 Å². The molecule has 0 heterocycles. The molecule has 0 aliphatic carbocycles. The van der Waals surface area contributed by atoms with Crippen molar-refractivity contribution >= 4 is 38.9 Å². The number of nitrogens with one attached hydrogen (secondary N) is 2. The minimum absolute atomic E-state index is 0.0996. The molecule has 2 N–H and O–H groups in total. The molecule has 0 saturated heterocycles. The summed E-state index contributed by atoms with van der Waals surface area (Å²) in [7, 11) is -3.99. The number of aryl methyl sites for hydroxylation is 1. The van der Waals surface area contributed by atoms with E-state index in [1.807, 2.05) is 6.92 Å². The molecular formula is C20H16ClFN2O3S. The number of benzene rings is 3. The van der Waals surface area contributed by atoms with Gasteiger partial charge in [0.2, 0.25) is 0 Å². The van der Waals surface area contributed by atoms with Gasteiger partial charge in [-0.1, -0.05) is 29.8 Å². The van der Waals surface area contributed by atoms with Gasteiger partial charge in [0.15, 0.2) is 0 Å². The van der Waals surface area contributed by atoms with Crippen molar-refractivity contribution in [3.8, 4) is 0 Å². The molecular weight excluding hydrogens is 403 g/mol. The summed E-state index contributed by atoms with van der Waals surface area (Å²) in [4.78, 5) is 12.5. The Bertz CT molecular complexity index is 1130. The molecule has 1 amide bonds. The van der Waals surface area contributed by atoms with E-state index in [-0.39, 0.29) is 16.1 Å². The quantitative estimate of drug-likeness (QED) is 0.622. The lowest BCUT2D eigenvalue weighted by Gasteiger charge is -2.13. The van der Waals surface area contributed by atoms with Crippen molar-refractivity contribution in [2.45, 2.75) is 11.8 Å². The molecule has 0 atom stereocenters. The van der Waals surface area contributed by atoms with Crippen molar-refractivity contribution in [1.29, 1.82) is 0 Å². The summed E-state index contributed by atoms with van der Waals surface area (Å²) in [6.45, 7) is 1.84. The van der Waals surface area contributed by atoms with Crippen molar-refractivity contribution in [2.75, 3.05) is 10.0 Å². The van der Waals surface area contributed by atoms with Gasteiger partial charge >= 0.3 is 0 Å². The van der Waals surface area contributed by atoms with Gasteiger partial charge in [-0.3, -0.25) is 9.52 Å². The lowest BCUT2D eigenvalue weighted by atomic mass is 10.1. The molecule has 0 bridgehead atoms. The first-order valence-electron chi connectivity index (χ1n) is 8.21. The summed E-state index contributed by atoms with van der Waals surface area (Å²) in [5.41, 5.74) is 1.58. The Labute approximate surface area is 167 Å². The lowest BCUT2D eigenvalue weighted by Crippen LogP contribution is -2.18. The molecule has 0 aliphatic rings. The van der Waals surface area contributed by atoms with E-state index in [4.69, 9.17) is 11.6 Å². The summed E-state index contributed by atoms with van der Waals surface area (Å²) in [5.74, 6) is -1.05. The Hall–Kier alpha value is -2.90. The molecule has 5 nitrogen and oxygen atoms in total. The monoisotopic (exact) mass is 418 g/mol. The molecule has 0 aliphatic heterocycles. The van der Waals surface area contributed by atoms with E-state index in [0.29, 0.717) is 10.7 Å². The largest absolute Gasteiger partial charge is 0.322 e. The fourth-order valence-electron chi connectivity index (χ4n) is 2.46. The number of carbonyl (C=O) groups excluding carboxylic acids is 1. The Morgan fingerprint density at radius 3 is 2.36 bits per heavy atom. The second-order valence-corrected chi connectivity index (χ2v) is 8.11. The van der Waals surface area contributed by atoms with E-state index in [0.717, 1.165) is 29.8 Å². The molecule has 3 rings (SSSR count). The predicted octanol–water partition coefficient (Wildman–Crippen LogP) is 4.84. The highest BCUT2D eigenvalue weighted by Crippen LogP contribution is 2.24. The summed E-state index contributed by atoms with van der Waals surface area (Å²) >= 11 is 6.07. The number of carbonyl (C=O) groups is 1. The first kappa shape index (κ1) is 19.9. The zero-order chi connectivity index (χ0) is 20.3. The van der Waals surface area contributed by atoms with E-state index in [1.165, 1.54) is 12.1 Å². The summed E-state index contributed by atoms with van der Waals surface area (Å²) in [5, 5.41) is 3.19. The standard InChI is InChI=1S/C20H16ClFN2O3S/c1-13-6-9-15(12-18(13)21)23-20(25)17-4-2-3-5-19(17)24-28(26,27)16-10-7-14(22)8-11-16/h2-12,24H,1H3,(H,23,25). The van der Waals surface area contributed by atoms with Gasteiger partial charge in [0.25, 0.3) is 15.9 Å². The fourth-order valence-corrected chi connectivity index (χ4v) is 3.72. The molecule has 144 valence electrons. The van der Waals surface area contributed by atoms with Crippen LogP contribution >= 0.6 is 11.6 Å². The Balaban J connectivity index is 1.87. The van der Waals surface area contributed by atoms with Crippen LogP contribution in [0.15, 0.2) is 71.6 Å². The molecule has 3 aromatic rings. The van der Waals surface area contributed by atoms with Crippen molar-refractivity contribution in [3.05, 3.63) is 88.7 Å². The number of rotatable bonds is 5. The highest BCUT2D eigenvalue weighted by atomic mass is 35.5. The Morgan fingerprint density at radius 2 is 1.68 bits per heavy atom. The van der Waals surface area contributed by atoms with Crippen LogP contribution < -0.4 is 10.0 Å². The number of amides is 1. The number of sulfonamides is 1. The van der Waals surface area contributed by atoms with Crippen molar-refractivity contribution in [2.24, 2.45) is 0 Å². The molecule has 3 aromatic carbocycles. The molecule has 0 aromatic heterocycles. The van der Waals surface area contributed by atoms with Gasteiger partial charge < -0.3 is 5.32 Å². The second-order valence-electron chi connectivity index (χ2n) is 6.02. The van der Waals surface area contributed by atoms with Crippen LogP contribution in [0.25, 0.3) is 0 Å². The van der Waals surface area contributed by atoms with Gasteiger partial charge in [-0.05, 0) is 61.0 Å². The van der Waals surface area contributed by atoms with Gasteiger partial charge in [0.1, 0.15) is 5.82 Å². The van der Waals surface area contributed by atoms with E-state index in [2.05, 4.69) is 10.0 Å². The Kier molecular flexibility index (Phi) is 5.67. The van der Waals surface area contributed by atoms with Crippen molar-refractivity contribution in [1.82, 2.24) is 0 Å². The molecule has 8 heteroatoms. The number of hydrogen-bond donors (Lipinski definition) is 2. The van der Waals surface area contributed by atoms with Gasteiger partial charge in [-0.2, -0.15) is 0 Å².